The van der Waals surface area contributed by atoms with Crippen LogP contribution in [0.25, 0.3) is 0 Å². The molecule has 1 aliphatic rings. The molecule has 1 N–H and O–H groups in total. The minimum atomic E-state index is -4.40. The molecule has 1 aromatic rings. The van der Waals surface area contributed by atoms with E-state index in [0.717, 1.165) is 12.1 Å². The van der Waals surface area contributed by atoms with Crippen LogP contribution in [0.3, 0.4) is 0 Å². The lowest BCUT2D eigenvalue weighted by atomic mass is 9.96. The molecule has 0 saturated carbocycles. The van der Waals surface area contributed by atoms with E-state index in [2.05, 4.69) is 5.32 Å². The number of anilines is 1. The Morgan fingerprint density at radius 3 is 2.69 bits per heavy atom. The summed E-state index contributed by atoms with van der Waals surface area (Å²) in [6, 6.07) is 3.18. The van der Waals surface area contributed by atoms with Gasteiger partial charge in [0.1, 0.15) is 0 Å². The van der Waals surface area contributed by atoms with Crippen molar-refractivity contribution in [3.8, 4) is 0 Å². The first-order valence-corrected chi connectivity index (χ1v) is 4.89. The summed E-state index contributed by atoms with van der Waals surface area (Å²) in [5, 5.41) is 2.98. The van der Waals surface area contributed by atoms with E-state index in [1.807, 2.05) is 6.92 Å². The number of nitrogens with one attached hydrogen (secondary N) is 1. The second kappa shape index (κ2) is 3.50. The van der Waals surface area contributed by atoms with Crippen molar-refractivity contribution in [1.82, 2.24) is 0 Å². The summed E-state index contributed by atoms with van der Waals surface area (Å²) in [6.07, 6.45) is -4.17. The monoisotopic (exact) mass is 229 g/mol. The van der Waals surface area contributed by atoms with Gasteiger partial charge < -0.3 is 5.32 Å². The molecule has 1 unspecified atom stereocenters. The molecule has 5 heteroatoms. The molecule has 0 spiro atoms. The second-order valence-electron chi connectivity index (χ2n) is 3.93. The third-order valence-electron chi connectivity index (χ3n) is 2.54. The van der Waals surface area contributed by atoms with E-state index in [-0.39, 0.29) is 23.8 Å². The van der Waals surface area contributed by atoms with Gasteiger partial charge in [-0.3, -0.25) is 4.79 Å². The Bertz CT molecular complexity index is 439. The third-order valence-corrected chi connectivity index (χ3v) is 2.54. The van der Waals surface area contributed by atoms with Gasteiger partial charge in [0, 0.05) is 23.7 Å². The Kier molecular flexibility index (Phi) is 2.40. The van der Waals surface area contributed by atoms with E-state index in [4.69, 9.17) is 0 Å². The van der Waals surface area contributed by atoms with Gasteiger partial charge in [-0.1, -0.05) is 0 Å². The molecule has 2 nitrogen and oxygen atoms in total. The number of Topliss-reactive ketones (excluding diaryl/α,β-unsaturated/α-hetero) is 1. The fraction of sp³-hybridized carbons (Fsp3) is 0.364. The summed E-state index contributed by atoms with van der Waals surface area (Å²) in [4.78, 5) is 11.6. The van der Waals surface area contributed by atoms with Crippen LogP contribution in [0.2, 0.25) is 0 Å². The summed E-state index contributed by atoms with van der Waals surface area (Å²) >= 11 is 0. The van der Waals surface area contributed by atoms with E-state index in [9.17, 15) is 18.0 Å². The Balaban J connectivity index is 2.47. The number of alkyl halides is 3. The van der Waals surface area contributed by atoms with Crippen molar-refractivity contribution in [3.05, 3.63) is 29.3 Å². The van der Waals surface area contributed by atoms with Crippen molar-refractivity contribution in [2.24, 2.45) is 0 Å². The van der Waals surface area contributed by atoms with Gasteiger partial charge >= 0.3 is 6.18 Å². The molecular formula is C11H10F3NO. The molecule has 0 amide bonds. The van der Waals surface area contributed by atoms with Crippen LogP contribution in [-0.4, -0.2) is 11.8 Å². The number of ketones is 1. The molecule has 0 fully saturated rings. The highest BCUT2D eigenvalue weighted by atomic mass is 19.4. The summed E-state index contributed by atoms with van der Waals surface area (Å²) in [6.45, 7) is 1.82. The third kappa shape index (κ3) is 1.89. The van der Waals surface area contributed by atoms with Gasteiger partial charge in [0.05, 0.1) is 5.56 Å². The van der Waals surface area contributed by atoms with Crippen LogP contribution in [0.15, 0.2) is 18.2 Å². The minimum absolute atomic E-state index is 0.0308. The standard InChI is InChI=1S/C11H10F3NO/c1-6-4-10(16)8-5-7(11(12,13)14)2-3-9(8)15-6/h2-3,5-6,15H,4H2,1H3. The summed E-state index contributed by atoms with van der Waals surface area (Å²) < 4.78 is 37.3. The zero-order valence-electron chi connectivity index (χ0n) is 8.56. The van der Waals surface area contributed by atoms with Crippen molar-refractivity contribution >= 4 is 11.5 Å². The maximum Gasteiger partial charge on any atom is 0.416 e. The van der Waals surface area contributed by atoms with Gasteiger partial charge in [-0.15, -0.1) is 0 Å². The van der Waals surface area contributed by atoms with Crippen molar-refractivity contribution in [3.63, 3.8) is 0 Å². The van der Waals surface area contributed by atoms with E-state index >= 15 is 0 Å². The Hall–Kier alpha value is -1.52. The normalized spacial score (nSPS) is 20.2. The lowest BCUT2D eigenvalue weighted by Crippen LogP contribution is -2.27. The van der Waals surface area contributed by atoms with Crippen LogP contribution in [0.4, 0.5) is 18.9 Å². The maximum absolute atomic E-state index is 12.4. The molecule has 2 rings (SSSR count). The highest BCUT2D eigenvalue weighted by Crippen LogP contribution is 2.33. The number of fused-ring (bicyclic) bond motifs is 1. The van der Waals surface area contributed by atoms with Gasteiger partial charge in [0.25, 0.3) is 0 Å². The van der Waals surface area contributed by atoms with Crippen LogP contribution in [0.1, 0.15) is 29.3 Å². The van der Waals surface area contributed by atoms with Crippen molar-refractivity contribution < 1.29 is 18.0 Å². The van der Waals surface area contributed by atoms with Gasteiger partial charge in [-0.05, 0) is 25.1 Å². The smallest absolute Gasteiger partial charge is 0.382 e. The summed E-state index contributed by atoms with van der Waals surface area (Å²) in [5.41, 5.74) is -0.166. The van der Waals surface area contributed by atoms with E-state index in [1.165, 1.54) is 6.07 Å². The summed E-state index contributed by atoms with van der Waals surface area (Å²) in [5.74, 6) is -0.243. The first kappa shape index (κ1) is 11.0. The lowest BCUT2D eigenvalue weighted by molar-refractivity contribution is -0.137. The molecule has 1 heterocycles. The van der Waals surface area contributed by atoms with Crippen LogP contribution in [0.5, 0.6) is 0 Å². The average Bonchev–Trinajstić information content (AvgIpc) is 2.15. The van der Waals surface area contributed by atoms with Crippen LogP contribution in [0, 0.1) is 0 Å². The summed E-state index contributed by atoms with van der Waals surface area (Å²) in [7, 11) is 0. The number of halogens is 3. The molecule has 1 atom stereocenters. The van der Waals surface area contributed by atoms with Crippen LogP contribution in [-0.2, 0) is 6.18 Å². The molecule has 0 saturated heterocycles. The van der Waals surface area contributed by atoms with E-state index < -0.39 is 11.7 Å². The van der Waals surface area contributed by atoms with Crippen molar-refractivity contribution in [1.29, 1.82) is 0 Å². The minimum Gasteiger partial charge on any atom is -0.382 e. The highest BCUT2D eigenvalue weighted by molar-refractivity contribution is 6.03. The van der Waals surface area contributed by atoms with Crippen molar-refractivity contribution in [2.45, 2.75) is 25.6 Å². The van der Waals surface area contributed by atoms with Gasteiger partial charge in [-0.2, -0.15) is 13.2 Å². The first-order chi connectivity index (χ1) is 7.38. The molecule has 86 valence electrons. The fourth-order valence-electron chi connectivity index (χ4n) is 1.78. The number of hydrogen-bond donors (Lipinski definition) is 1. The predicted octanol–water partition coefficient (Wildman–Crippen LogP) is 3.09. The number of carbonyl (C=O) groups is 1. The van der Waals surface area contributed by atoms with Crippen molar-refractivity contribution in [2.75, 3.05) is 5.32 Å². The highest BCUT2D eigenvalue weighted by Gasteiger charge is 2.32. The van der Waals surface area contributed by atoms with E-state index in [1.54, 1.807) is 0 Å². The average molecular weight is 229 g/mol. The number of rotatable bonds is 0. The second-order valence-corrected chi connectivity index (χ2v) is 3.93. The van der Waals surface area contributed by atoms with Gasteiger partial charge in [0.2, 0.25) is 0 Å². The largest absolute Gasteiger partial charge is 0.416 e. The predicted molar refractivity (Wildman–Crippen MR) is 53.5 cm³/mol. The maximum atomic E-state index is 12.4. The zero-order valence-corrected chi connectivity index (χ0v) is 8.56. The molecule has 0 aromatic heterocycles. The van der Waals surface area contributed by atoms with Crippen LogP contribution < -0.4 is 5.32 Å². The topological polar surface area (TPSA) is 29.1 Å². The molecular weight excluding hydrogens is 219 g/mol. The molecule has 0 aliphatic carbocycles. The number of carbonyl (C=O) groups excluding carboxylic acids is 1. The Morgan fingerprint density at radius 2 is 2.06 bits per heavy atom. The van der Waals surface area contributed by atoms with E-state index in [0.29, 0.717) is 5.69 Å². The Labute approximate surface area is 90.5 Å². The number of benzene rings is 1. The molecule has 16 heavy (non-hydrogen) atoms. The molecule has 0 bridgehead atoms. The fourth-order valence-corrected chi connectivity index (χ4v) is 1.78. The molecule has 0 radical (unpaired) electrons. The zero-order chi connectivity index (χ0) is 11.9. The van der Waals surface area contributed by atoms with Gasteiger partial charge in [0.15, 0.2) is 5.78 Å². The Morgan fingerprint density at radius 1 is 1.38 bits per heavy atom. The SMILES string of the molecule is CC1CC(=O)c2cc(C(F)(F)F)ccc2N1. The van der Waals surface area contributed by atoms with Gasteiger partial charge in [-0.25, -0.2) is 0 Å². The lowest BCUT2D eigenvalue weighted by Gasteiger charge is -2.23. The van der Waals surface area contributed by atoms with Crippen LogP contribution >= 0.6 is 0 Å². The number of hydrogen-bond acceptors (Lipinski definition) is 2. The quantitative estimate of drug-likeness (QED) is 0.740. The first-order valence-electron chi connectivity index (χ1n) is 4.89. The molecule has 1 aromatic carbocycles. The molecule has 1 aliphatic heterocycles.